The van der Waals surface area contributed by atoms with Gasteiger partial charge in [0, 0.05) is 10.0 Å². The van der Waals surface area contributed by atoms with E-state index in [1.54, 1.807) is 6.07 Å². The Morgan fingerprint density at radius 1 is 1.17 bits per heavy atom. The van der Waals surface area contributed by atoms with Crippen molar-refractivity contribution in [1.82, 2.24) is 0 Å². The Kier molecular flexibility index (Phi) is 5.94. The first-order valence-electron chi connectivity index (χ1n) is 7.09. The molecule has 0 fully saturated rings. The largest absolute Gasteiger partial charge is 0.508 e. The summed E-state index contributed by atoms with van der Waals surface area (Å²) in [7, 11) is 0. The molecular formula is C17H16BrNO5. The number of benzene rings is 2. The number of aromatic hydroxyl groups is 1. The number of carbonyl (C=O) groups excluding carboxylic acids is 1. The Bertz CT molecular complexity index is 762. The van der Waals surface area contributed by atoms with Crippen LogP contribution in [0.5, 0.6) is 5.75 Å². The van der Waals surface area contributed by atoms with Crippen LogP contribution in [0, 0.1) is 0 Å². The number of hydrogen-bond acceptors (Lipinski definition) is 5. The molecule has 0 aliphatic heterocycles. The maximum atomic E-state index is 12.3. The van der Waals surface area contributed by atoms with Gasteiger partial charge in [-0.15, -0.1) is 0 Å². The highest BCUT2D eigenvalue weighted by Gasteiger charge is 2.19. The molecule has 6 nitrogen and oxygen atoms in total. The second-order valence-corrected chi connectivity index (χ2v) is 6.01. The number of phenolic OH excluding ortho intramolecular Hbond substituents is 1. The molecule has 0 aromatic heterocycles. The lowest BCUT2D eigenvalue weighted by Gasteiger charge is -2.12. The Balaban J connectivity index is 2.17. The molecule has 1 atom stereocenters. The second kappa shape index (κ2) is 7.94. The molecule has 7 heteroatoms. The van der Waals surface area contributed by atoms with Gasteiger partial charge in [-0.2, -0.15) is 0 Å². The highest BCUT2D eigenvalue weighted by molar-refractivity contribution is 9.10. The van der Waals surface area contributed by atoms with Crippen LogP contribution in [0.3, 0.4) is 0 Å². The van der Waals surface area contributed by atoms with E-state index in [1.807, 2.05) is 18.2 Å². The van der Waals surface area contributed by atoms with Crippen LogP contribution < -0.4 is 5.73 Å². The molecule has 0 spiro atoms. The van der Waals surface area contributed by atoms with Crippen molar-refractivity contribution in [1.29, 1.82) is 0 Å². The molecular weight excluding hydrogens is 378 g/mol. The van der Waals surface area contributed by atoms with Gasteiger partial charge in [-0.05, 0) is 30.2 Å². The fourth-order valence-corrected chi connectivity index (χ4v) is 2.49. The maximum Gasteiger partial charge on any atom is 0.338 e. The molecule has 0 saturated carbocycles. The van der Waals surface area contributed by atoms with E-state index in [2.05, 4.69) is 15.9 Å². The standard InChI is InChI=1S/C17H16BrNO5/c18-14-4-2-1-3-11(14)9-24-17(23)13-8-12(20)6-5-10(13)7-15(19)16(21)22/h1-6,8,15,20H,7,9,19H2,(H,21,22). The zero-order valence-electron chi connectivity index (χ0n) is 12.6. The molecule has 2 aromatic rings. The third-order valence-corrected chi connectivity index (χ3v) is 4.16. The average molecular weight is 394 g/mol. The molecule has 0 bridgehead atoms. The Hall–Kier alpha value is -2.38. The SMILES string of the molecule is NC(Cc1ccc(O)cc1C(=O)OCc1ccccc1Br)C(=O)O. The normalized spacial score (nSPS) is 11.8. The number of ether oxygens (including phenoxy) is 1. The molecule has 0 heterocycles. The van der Waals surface area contributed by atoms with Crippen LogP contribution in [0.1, 0.15) is 21.5 Å². The number of nitrogens with two attached hydrogens (primary N) is 1. The van der Waals surface area contributed by atoms with E-state index in [0.717, 1.165) is 10.0 Å². The van der Waals surface area contributed by atoms with Gasteiger partial charge in [0.2, 0.25) is 0 Å². The monoisotopic (exact) mass is 393 g/mol. The Morgan fingerprint density at radius 2 is 1.88 bits per heavy atom. The molecule has 0 amide bonds. The third-order valence-electron chi connectivity index (χ3n) is 3.39. The second-order valence-electron chi connectivity index (χ2n) is 5.16. The first-order chi connectivity index (χ1) is 11.4. The van der Waals surface area contributed by atoms with Crippen LogP contribution in [-0.4, -0.2) is 28.2 Å². The fraction of sp³-hybridized carbons (Fsp3) is 0.176. The van der Waals surface area contributed by atoms with Crippen LogP contribution >= 0.6 is 15.9 Å². The lowest BCUT2D eigenvalue weighted by atomic mass is 10.00. The van der Waals surface area contributed by atoms with Crippen molar-refractivity contribution in [2.24, 2.45) is 5.73 Å². The van der Waals surface area contributed by atoms with Crippen molar-refractivity contribution in [3.8, 4) is 5.75 Å². The molecule has 0 radical (unpaired) electrons. The van der Waals surface area contributed by atoms with Gasteiger partial charge in [0.1, 0.15) is 18.4 Å². The number of hydrogen-bond donors (Lipinski definition) is 3. The number of halogens is 1. The van der Waals surface area contributed by atoms with E-state index < -0.39 is 18.0 Å². The van der Waals surface area contributed by atoms with Crippen molar-refractivity contribution in [3.63, 3.8) is 0 Å². The van der Waals surface area contributed by atoms with E-state index in [1.165, 1.54) is 18.2 Å². The van der Waals surface area contributed by atoms with Crippen molar-refractivity contribution >= 4 is 27.9 Å². The lowest BCUT2D eigenvalue weighted by Crippen LogP contribution is -2.32. The van der Waals surface area contributed by atoms with Crippen molar-refractivity contribution in [2.75, 3.05) is 0 Å². The van der Waals surface area contributed by atoms with Crippen molar-refractivity contribution in [3.05, 3.63) is 63.6 Å². The number of carboxylic acids is 1. The predicted octanol–water partition coefficient (Wildman–Crippen LogP) is 2.47. The van der Waals surface area contributed by atoms with Gasteiger partial charge in [0.15, 0.2) is 0 Å². The predicted molar refractivity (Wildman–Crippen MR) is 90.7 cm³/mol. The molecule has 0 aliphatic carbocycles. The fourth-order valence-electron chi connectivity index (χ4n) is 2.09. The summed E-state index contributed by atoms with van der Waals surface area (Å²) in [5, 5.41) is 18.5. The number of aliphatic carboxylic acids is 1. The summed E-state index contributed by atoms with van der Waals surface area (Å²) in [6, 6.07) is 10.2. The van der Waals surface area contributed by atoms with Crippen molar-refractivity contribution < 1.29 is 24.5 Å². The van der Waals surface area contributed by atoms with E-state index in [-0.39, 0.29) is 24.3 Å². The Labute approximate surface area is 147 Å². The minimum Gasteiger partial charge on any atom is -0.508 e. The molecule has 0 saturated heterocycles. The summed E-state index contributed by atoms with van der Waals surface area (Å²) in [5.41, 5.74) is 6.81. The van der Waals surface area contributed by atoms with Gasteiger partial charge >= 0.3 is 11.9 Å². The van der Waals surface area contributed by atoms with Crippen LogP contribution in [0.15, 0.2) is 46.9 Å². The van der Waals surface area contributed by atoms with E-state index >= 15 is 0 Å². The maximum absolute atomic E-state index is 12.3. The van der Waals surface area contributed by atoms with Gasteiger partial charge in [0.25, 0.3) is 0 Å². The highest BCUT2D eigenvalue weighted by atomic mass is 79.9. The molecule has 24 heavy (non-hydrogen) atoms. The minimum atomic E-state index is -1.17. The summed E-state index contributed by atoms with van der Waals surface area (Å²) in [6.45, 7) is 0.0420. The zero-order chi connectivity index (χ0) is 17.7. The summed E-state index contributed by atoms with van der Waals surface area (Å²) >= 11 is 3.36. The summed E-state index contributed by atoms with van der Waals surface area (Å²) in [5.74, 6) is -1.94. The molecule has 1 unspecified atom stereocenters. The average Bonchev–Trinajstić information content (AvgIpc) is 2.55. The minimum absolute atomic E-state index is 0.0420. The number of carboxylic acid groups (broad SMARTS) is 1. The lowest BCUT2D eigenvalue weighted by molar-refractivity contribution is -0.138. The number of rotatable bonds is 6. The van der Waals surface area contributed by atoms with Gasteiger partial charge in [0.05, 0.1) is 5.56 Å². The first-order valence-corrected chi connectivity index (χ1v) is 7.88. The highest BCUT2D eigenvalue weighted by Crippen LogP contribution is 2.21. The number of esters is 1. The van der Waals surface area contributed by atoms with Crippen molar-refractivity contribution in [2.45, 2.75) is 19.1 Å². The molecule has 2 aromatic carbocycles. The molecule has 4 N–H and O–H groups in total. The Morgan fingerprint density at radius 3 is 2.54 bits per heavy atom. The smallest absolute Gasteiger partial charge is 0.338 e. The quantitative estimate of drug-likeness (QED) is 0.650. The topological polar surface area (TPSA) is 110 Å². The van der Waals surface area contributed by atoms with Crippen LogP contribution in [0.4, 0.5) is 0 Å². The number of carbonyl (C=O) groups is 2. The van der Waals surface area contributed by atoms with E-state index in [9.17, 15) is 14.7 Å². The van der Waals surface area contributed by atoms with Gasteiger partial charge in [-0.1, -0.05) is 40.2 Å². The van der Waals surface area contributed by atoms with Crippen LogP contribution in [-0.2, 0) is 22.6 Å². The summed E-state index contributed by atoms with van der Waals surface area (Å²) in [6.07, 6.45) is -0.0465. The van der Waals surface area contributed by atoms with Crippen LogP contribution in [0.25, 0.3) is 0 Å². The van der Waals surface area contributed by atoms with Crippen LogP contribution in [0.2, 0.25) is 0 Å². The molecule has 126 valence electrons. The van der Waals surface area contributed by atoms with Gasteiger partial charge < -0.3 is 20.7 Å². The summed E-state index contributed by atoms with van der Waals surface area (Å²) in [4.78, 5) is 23.2. The van der Waals surface area contributed by atoms with Gasteiger partial charge in [-0.25, -0.2) is 4.79 Å². The number of phenols is 1. The zero-order valence-corrected chi connectivity index (χ0v) is 14.2. The van der Waals surface area contributed by atoms with E-state index in [4.69, 9.17) is 15.6 Å². The first kappa shape index (κ1) is 18.0. The molecule has 0 aliphatic rings. The van der Waals surface area contributed by atoms with Gasteiger partial charge in [-0.3, -0.25) is 4.79 Å². The third kappa shape index (κ3) is 4.56. The van der Waals surface area contributed by atoms with E-state index in [0.29, 0.717) is 5.56 Å². The molecule has 2 rings (SSSR count). The summed E-state index contributed by atoms with van der Waals surface area (Å²) < 4.78 is 6.07.